The first-order valence-electron chi connectivity index (χ1n) is 10.5. The van der Waals surface area contributed by atoms with E-state index in [1.807, 2.05) is 0 Å². The van der Waals surface area contributed by atoms with Gasteiger partial charge in [0, 0.05) is 17.8 Å². The summed E-state index contributed by atoms with van der Waals surface area (Å²) in [7, 11) is 0. The molecular formula is C24H21F3N4O3. The molecule has 1 aromatic heterocycles. The van der Waals surface area contributed by atoms with Gasteiger partial charge >= 0.3 is 6.18 Å². The van der Waals surface area contributed by atoms with Gasteiger partial charge in [0.2, 0.25) is 5.91 Å². The second-order valence-electron chi connectivity index (χ2n) is 8.09. The molecule has 0 spiro atoms. The van der Waals surface area contributed by atoms with E-state index < -0.39 is 23.7 Å². The Hall–Kier alpha value is -3.95. The maximum Gasteiger partial charge on any atom is 0.416 e. The van der Waals surface area contributed by atoms with Crippen LogP contribution in [0.1, 0.15) is 46.2 Å². The number of aromatic nitrogens is 2. The summed E-state index contributed by atoms with van der Waals surface area (Å²) < 4.78 is 39.5. The molecule has 2 N–H and O–H groups in total. The lowest BCUT2D eigenvalue weighted by atomic mass is 10.0. The lowest BCUT2D eigenvalue weighted by Gasteiger charge is -2.26. The van der Waals surface area contributed by atoms with Gasteiger partial charge in [0.15, 0.2) is 0 Å². The Morgan fingerprint density at radius 3 is 2.56 bits per heavy atom. The van der Waals surface area contributed by atoms with Crippen LogP contribution >= 0.6 is 0 Å². The Labute approximate surface area is 192 Å². The molecule has 2 aromatic carbocycles. The van der Waals surface area contributed by atoms with E-state index >= 15 is 0 Å². The maximum absolute atomic E-state index is 13.2. The van der Waals surface area contributed by atoms with Crippen molar-refractivity contribution < 1.29 is 22.8 Å². The van der Waals surface area contributed by atoms with E-state index in [1.165, 1.54) is 4.57 Å². The van der Waals surface area contributed by atoms with Gasteiger partial charge in [0.1, 0.15) is 11.9 Å². The summed E-state index contributed by atoms with van der Waals surface area (Å²) in [4.78, 5) is 42.5. The van der Waals surface area contributed by atoms with E-state index in [2.05, 4.69) is 22.2 Å². The predicted octanol–water partition coefficient (Wildman–Crippen LogP) is 3.62. The van der Waals surface area contributed by atoms with Crippen LogP contribution in [0.2, 0.25) is 0 Å². The molecule has 7 nitrogen and oxygen atoms in total. The van der Waals surface area contributed by atoms with E-state index in [0.29, 0.717) is 40.8 Å². The third kappa shape index (κ3) is 4.57. The molecule has 1 aliphatic rings. The largest absolute Gasteiger partial charge is 0.416 e. The average Bonchev–Trinajstić information content (AvgIpc) is 2.78. The van der Waals surface area contributed by atoms with Crippen molar-refractivity contribution in [3.8, 4) is 0 Å². The molecule has 2 heterocycles. The number of aryl methyl sites for hydroxylation is 1. The molecule has 4 rings (SSSR count). The second-order valence-corrected chi connectivity index (χ2v) is 8.09. The van der Waals surface area contributed by atoms with Gasteiger partial charge in [-0.2, -0.15) is 13.2 Å². The number of nitrogens with one attached hydrogen (secondary N) is 2. The molecule has 34 heavy (non-hydrogen) atoms. The summed E-state index contributed by atoms with van der Waals surface area (Å²) in [5, 5.41) is 5.60. The molecule has 0 saturated carbocycles. The highest BCUT2D eigenvalue weighted by Crippen LogP contribution is 2.29. The molecule has 1 saturated heterocycles. The fourth-order valence-corrected chi connectivity index (χ4v) is 3.94. The Kier molecular flexibility index (Phi) is 5.99. The zero-order valence-corrected chi connectivity index (χ0v) is 18.2. The van der Waals surface area contributed by atoms with E-state index in [1.54, 1.807) is 25.1 Å². The monoisotopic (exact) mass is 470 g/mol. The van der Waals surface area contributed by atoms with Gasteiger partial charge in [0.25, 0.3) is 11.5 Å². The fourth-order valence-electron chi connectivity index (χ4n) is 3.94. The smallest absolute Gasteiger partial charge is 0.348 e. The standard InChI is InChI=1S/C24H21F3N4O3/c1-13-3-10-20(22(33)29-13)31-14(2)30-19-9-4-15(11-18(19)23(31)34)12-28-21(32)16-5-7-17(8-6-16)24(25,26)27/h4-9,11,20H,1,3,10,12H2,2H3,(H,28,32)(H,29,33). The lowest BCUT2D eigenvalue weighted by molar-refractivity contribution is -0.137. The van der Waals surface area contributed by atoms with Crippen LogP contribution < -0.4 is 16.2 Å². The normalized spacial score (nSPS) is 16.4. The quantitative estimate of drug-likeness (QED) is 0.609. The zero-order chi connectivity index (χ0) is 24.6. The van der Waals surface area contributed by atoms with E-state index in [-0.39, 0.29) is 23.6 Å². The van der Waals surface area contributed by atoms with Gasteiger partial charge in [-0.05, 0) is 61.7 Å². The molecule has 1 atom stereocenters. The first-order chi connectivity index (χ1) is 16.0. The molecular weight excluding hydrogens is 449 g/mol. The summed E-state index contributed by atoms with van der Waals surface area (Å²) in [6.07, 6.45) is -3.50. The molecule has 3 aromatic rings. The van der Waals surface area contributed by atoms with Crippen LogP contribution in [-0.4, -0.2) is 21.4 Å². The minimum atomic E-state index is -4.48. The van der Waals surface area contributed by atoms with Crippen molar-refractivity contribution in [3.05, 3.63) is 87.6 Å². The number of carbonyl (C=O) groups excluding carboxylic acids is 2. The summed E-state index contributed by atoms with van der Waals surface area (Å²) in [5.74, 6) is -0.455. The molecule has 10 heteroatoms. The summed E-state index contributed by atoms with van der Waals surface area (Å²) in [5.41, 5.74) is 0.533. The molecule has 176 valence electrons. The second kappa shape index (κ2) is 8.77. The van der Waals surface area contributed by atoms with Crippen LogP contribution in [-0.2, 0) is 17.5 Å². The predicted molar refractivity (Wildman–Crippen MR) is 119 cm³/mol. The molecule has 1 aliphatic heterocycles. The molecule has 0 aliphatic carbocycles. The number of benzene rings is 2. The number of hydrogen-bond donors (Lipinski definition) is 2. The van der Waals surface area contributed by atoms with Crippen LogP contribution in [0.4, 0.5) is 13.2 Å². The van der Waals surface area contributed by atoms with Gasteiger partial charge in [-0.1, -0.05) is 12.6 Å². The number of piperidine rings is 1. The number of alkyl halides is 3. The number of amides is 2. The third-order valence-electron chi connectivity index (χ3n) is 5.70. The highest BCUT2D eigenvalue weighted by atomic mass is 19.4. The SMILES string of the molecule is C=C1CCC(n2c(C)nc3ccc(CNC(=O)c4ccc(C(F)(F)F)cc4)cc3c2=O)C(=O)N1. The number of fused-ring (bicyclic) bond motifs is 1. The molecule has 0 radical (unpaired) electrons. The van der Waals surface area contributed by atoms with Crippen molar-refractivity contribution in [2.24, 2.45) is 0 Å². The summed E-state index contributed by atoms with van der Waals surface area (Å²) in [6, 6.07) is 8.14. The fraction of sp³-hybridized carbons (Fsp3) is 0.250. The van der Waals surface area contributed by atoms with Gasteiger partial charge < -0.3 is 10.6 Å². The minimum absolute atomic E-state index is 0.0485. The summed E-state index contributed by atoms with van der Waals surface area (Å²) in [6.45, 7) is 5.46. The van der Waals surface area contributed by atoms with E-state index in [9.17, 15) is 27.6 Å². The van der Waals surface area contributed by atoms with Gasteiger partial charge in [0.05, 0.1) is 16.5 Å². The number of carbonyl (C=O) groups is 2. The van der Waals surface area contributed by atoms with Crippen molar-refractivity contribution in [3.63, 3.8) is 0 Å². The topological polar surface area (TPSA) is 93.1 Å². The Bertz CT molecular complexity index is 1360. The number of halogens is 3. The van der Waals surface area contributed by atoms with Gasteiger partial charge in [-0.25, -0.2) is 4.98 Å². The minimum Gasteiger partial charge on any atom is -0.348 e. The van der Waals surface area contributed by atoms with Gasteiger partial charge in [-0.15, -0.1) is 0 Å². The zero-order valence-electron chi connectivity index (χ0n) is 18.2. The first-order valence-corrected chi connectivity index (χ1v) is 10.5. The van der Waals surface area contributed by atoms with Crippen LogP contribution in [0.3, 0.4) is 0 Å². The number of hydrogen-bond acceptors (Lipinski definition) is 4. The maximum atomic E-state index is 13.2. The highest BCUT2D eigenvalue weighted by Gasteiger charge is 2.30. The summed E-state index contributed by atoms with van der Waals surface area (Å²) >= 11 is 0. The number of nitrogens with zero attached hydrogens (tertiary/aromatic N) is 2. The van der Waals surface area contributed by atoms with Crippen molar-refractivity contribution in [2.75, 3.05) is 0 Å². The van der Waals surface area contributed by atoms with Crippen molar-refractivity contribution in [1.82, 2.24) is 20.2 Å². The van der Waals surface area contributed by atoms with Crippen LogP contribution in [0.25, 0.3) is 10.9 Å². The van der Waals surface area contributed by atoms with Crippen LogP contribution in [0.15, 0.2) is 59.5 Å². The molecule has 1 fully saturated rings. The Morgan fingerprint density at radius 1 is 1.21 bits per heavy atom. The Balaban J connectivity index is 1.56. The molecule has 2 amide bonds. The highest BCUT2D eigenvalue weighted by molar-refractivity contribution is 5.94. The number of allylic oxidation sites excluding steroid dienone is 1. The van der Waals surface area contributed by atoms with Crippen molar-refractivity contribution >= 4 is 22.7 Å². The van der Waals surface area contributed by atoms with E-state index in [4.69, 9.17) is 0 Å². The van der Waals surface area contributed by atoms with Gasteiger partial charge in [-0.3, -0.25) is 19.0 Å². The first kappa shape index (κ1) is 23.2. The van der Waals surface area contributed by atoms with Crippen LogP contribution in [0, 0.1) is 6.92 Å². The van der Waals surface area contributed by atoms with Crippen molar-refractivity contribution in [2.45, 2.75) is 38.5 Å². The third-order valence-corrected chi connectivity index (χ3v) is 5.70. The molecule has 0 bridgehead atoms. The van der Waals surface area contributed by atoms with Crippen molar-refractivity contribution in [1.29, 1.82) is 0 Å². The molecule has 1 unspecified atom stereocenters. The average molecular weight is 470 g/mol. The van der Waals surface area contributed by atoms with E-state index in [0.717, 1.165) is 24.3 Å². The van der Waals surface area contributed by atoms with Crippen LogP contribution in [0.5, 0.6) is 0 Å². The Morgan fingerprint density at radius 2 is 1.91 bits per heavy atom. The lowest BCUT2D eigenvalue weighted by Crippen LogP contribution is -2.41. The number of rotatable bonds is 4.